The molecular weight excluding hydrogens is 344 g/mol. The van der Waals surface area contributed by atoms with Crippen LogP contribution in [0.5, 0.6) is 5.75 Å². The number of unbranched alkanes of at least 4 members (excludes halogenated alkanes) is 1. The third-order valence-corrected chi connectivity index (χ3v) is 5.47. The smallest absolute Gasteiger partial charge is 0.199 e. The van der Waals surface area contributed by atoms with Crippen LogP contribution in [0.4, 0.5) is 0 Å². The highest BCUT2D eigenvalue weighted by Gasteiger charge is 2.09. The zero-order valence-corrected chi connectivity index (χ0v) is 18.4. The molecule has 2 nitrogen and oxygen atoms in total. The maximum atomic E-state index is 6.01. The van der Waals surface area contributed by atoms with E-state index in [1.165, 1.54) is 16.7 Å². The molecule has 2 atom stereocenters. The molecule has 28 heavy (non-hydrogen) atoms. The molecule has 0 radical (unpaired) electrons. The molecule has 0 amide bonds. The van der Waals surface area contributed by atoms with E-state index < -0.39 is 0 Å². The summed E-state index contributed by atoms with van der Waals surface area (Å²) in [4.78, 5) is 0. The van der Waals surface area contributed by atoms with E-state index in [1.54, 1.807) is 0 Å². The third kappa shape index (κ3) is 7.31. The van der Waals surface area contributed by atoms with E-state index in [4.69, 9.17) is 9.47 Å². The van der Waals surface area contributed by atoms with Gasteiger partial charge in [-0.3, -0.25) is 0 Å². The first-order valence-electron chi connectivity index (χ1n) is 11.0. The van der Waals surface area contributed by atoms with E-state index in [2.05, 4.69) is 83.1 Å². The van der Waals surface area contributed by atoms with Gasteiger partial charge in [-0.1, -0.05) is 71.0 Å². The molecule has 2 aromatic carbocycles. The molecule has 2 rings (SSSR count). The minimum Gasteiger partial charge on any atom is -0.465 e. The van der Waals surface area contributed by atoms with Crippen molar-refractivity contribution in [2.75, 3.05) is 6.61 Å². The fourth-order valence-corrected chi connectivity index (χ4v) is 3.21. The van der Waals surface area contributed by atoms with Crippen LogP contribution in [-0.2, 0) is 11.2 Å². The van der Waals surface area contributed by atoms with Crippen molar-refractivity contribution in [2.45, 2.75) is 84.8 Å². The Kier molecular flexibility index (Phi) is 9.57. The predicted octanol–water partition coefficient (Wildman–Crippen LogP) is 7.48. The standard InChI is InChI=1S/C26H38O2/c1-6-21(5)24-15-17-25(18-16-24)28-26(7-2)27-19-9-8-10-22-11-13-23(14-12-22)20(3)4/h11-18,20-21,26H,6-10,19H2,1-5H3. The summed E-state index contributed by atoms with van der Waals surface area (Å²) in [5, 5.41) is 0. The molecule has 2 heteroatoms. The van der Waals surface area contributed by atoms with Gasteiger partial charge in [0.2, 0.25) is 0 Å². The van der Waals surface area contributed by atoms with Gasteiger partial charge < -0.3 is 9.47 Å². The lowest BCUT2D eigenvalue weighted by atomic mass is 9.99. The number of ether oxygens (including phenoxy) is 2. The van der Waals surface area contributed by atoms with Crippen LogP contribution in [0.3, 0.4) is 0 Å². The van der Waals surface area contributed by atoms with Gasteiger partial charge in [0.15, 0.2) is 6.29 Å². The van der Waals surface area contributed by atoms with Gasteiger partial charge >= 0.3 is 0 Å². The SMILES string of the molecule is CCC(OCCCCc1ccc(C(C)C)cc1)Oc1ccc(C(C)CC)cc1. The quantitative estimate of drug-likeness (QED) is 0.280. The summed E-state index contributed by atoms with van der Waals surface area (Å²) >= 11 is 0. The van der Waals surface area contributed by atoms with Gasteiger partial charge in [-0.25, -0.2) is 0 Å². The van der Waals surface area contributed by atoms with E-state index in [9.17, 15) is 0 Å². The Bertz CT molecular complexity index is 658. The highest BCUT2D eigenvalue weighted by Crippen LogP contribution is 2.22. The van der Waals surface area contributed by atoms with E-state index in [0.29, 0.717) is 11.8 Å². The molecule has 0 fully saturated rings. The summed E-state index contributed by atoms with van der Waals surface area (Å²) in [6, 6.07) is 17.5. The lowest BCUT2D eigenvalue weighted by Gasteiger charge is -2.19. The Morgan fingerprint density at radius 3 is 1.96 bits per heavy atom. The third-order valence-electron chi connectivity index (χ3n) is 5.47. The summed E-state index contributed by atoms with van der Waals surface area (Å²) in [5.41, 5.74) is 4.19. The van der Waals surface area contributed by atoms with E-state index >= 15 is 0 Å². The van der Waals surface area contributed by atoms with Crippen molar-refractivity contribution in [1.82, 2.24) is 0 Å². The van der Waals surface area contributed by atoms with Crippen molar-refractivity contribution in [2.24, 2.45) is 0 Å². The van der Waals surface area contributed by atoms with Crippen molar-refractivity contribution in [1.29, 1.82) is 0 Å². The average molecular weight is 383 g/mol. The fourth-order valence-electron chi connectivity index (χ4n) is 3.21. The first kappa shape index (κ1) is 22.5. The van der Waals surface area contributed by atoms with Crippen molar-refractivity contribution < 1.29 is 9.47 Å². The minimum absolute atomic E-state index is 0.167. The van der Waals surface area contributed by atoms with Gasteiger partial charge in [0.05, 0.1) is 6.61 Å². The Balaban J connectivity index is 1.69. The molecule has 0 spiro atoms. The van der Waals surface area contributed by atoms with Crippen LogP contribution in [0.2, 0.25) is 0 Å². The van der Waals surface area contributed by atoms with Crippen LogP contribution in [-0.4, -0.2) is 12.9 Å². The van der Waals surface area contributed by atoms with Crippen LogP contribution >= 0.6 is 0 Å². The molecule has 0 aliphatic carbocycles. The van der Waals surface area contributed by atoms with Crippen LogP contribution < -0.4 is 4.74 Å². The second kappa shape index (κ2) is 11.9. The van der Waals surface area contributed by atoms with Crippen LogP contribution in [0, 0.1) is 0 Å². The van der Waals surface area contributed by atoms with Crippen LogP contribution in [0.1, 0.15) is 88.8 Å². The monoisotopic (exact) mass is 382 g/mol. The van der Waals surface area contributed by atoms with Crippen LogP contribution in [0.15, 0.2) is 48.5 Å². The van der Waals surface area contributed by atoms with E-state index in [0.717, 1.165) is 44.5 Å². The normalized spacial score (nSPS) is 13.5. The fraction of sp³-hybridized carbons (Fsp3) is 0.538. The molecular formula is C26H38O2. The van der Waals surface area contributed by atoms with Gasteiger partial charge in [0, 0.05) is 6.42 Å². The Morgan fingerprint density at radius 2 is 1.39 bits per heavy atom. The zero-order chi connectivity index (χ0) is 20.4. The molecule has 0 aromatic heterocycles. The van der Waals surface area contributed by atoms with Gasteiger partial charge in [0.25, 0.3) is 0 Å². The summed E-state index contributed by atoms with van der Waals surface area (Å²) in [7, 11) is 0. The topological polar surface area (TPSA) is 18.5 Å². The molecule has 2 unspecified atom stereocenters. The second-order valence-electron chi connectivity index (χ2n) is 8.06. The summed E-state index contributed by atoms with van der Waals surface area (Å²) in [5.74, 6) is 2.08. The maximum Gasteiger partial charge on any atom is 0.199 e. The first-order valence-corrected chi connectivity index (χ1v) is 11.0. The summed E-state index contributed by atoms with van der Waals surface area (Å²) < 4.78 is 12.0. The maximum absolute atomic E-state index is 6.01. The average Bonchev–Trinajstić information content (AvgIpc) is 2.72. The largest absolute Gasteiger partial charge is 0.465 e. The number of rotatable bonds is 12. The number of hydrogen-bond donors (Lipinski definition) is 0. The van der Waals surface area contributed by atoms with Crippen molar-refractivity contribution in [3.05, 3.63) is 65.2 Å². The highest BCUT2D eigenvalue weighted by molar-refractivity contribution is 5.29. The molecule has 0 bridgehead atoms. The molecule has 0 aliphatic rings. The molecule has 0 aliphatic heterocycles. The molecule has 0 saturated heterocycles. The van der Waals surface area contributed by atoms with Crippen LogP contribution in [0.25, 0.3) is 0 Å². The van der Waals surface area contributed by atoms with Gasteiger partial charge in [-0.15, -0.1) is 0 Å². The Hall–Kier alpha value is -1.80. The van der Waals surface area contributed by atoms with Gasteiger partial charge in [0.1, 0.15) is 5.75 Å². The minimum atomic E-state index is -0.167. The Labute approximate surface area is 172 Å². The molecule has 154 valence electrons. The first-order chi connectivity index (χ1) is 13.5. The number of aryl methyl sites for hydroxylation is 1. The van der Waals surface area contributed by atoms with Crippen molar-refractivity contribution >= 4 is 0 Å². The van der Waals surface area contributed by atoms with E-state index in [1.807, 2.05) is 0 Å². The van der Waals surface area contributed by atoms with Gasteiger partial charge in [-0.2, -0.15) is 0 Å². The summed E-state index contributed by atoms with van der Waals surface area (Å²) in [6.45, 7) is 11.8. The number of benzene rings is 2. The van der Waals surface area contributed by atoms with Gasteiger partial charge in [-0.05, 0) is 66.3 Å². The predicted molar refractivity (Wildman–Crippen MR) is 119 cm³/mol. The molecule has 0 saturated carbocycles. The number of hydrogen-bond acceptors (Lipinski definition) is 2. The lowest BCUT2D eigenvalue weighted by Crippen LogP contribution is -2.20. The Morgan fingerprint density at radius 1 is 0.750 bits per heavy atom. The molecule has 0 heterocycles. The van der Waals surface area contributed by atoms with E-state index in [-0.39, 0.29) is 6.29 Å². The zero-order valence-electron chi connectivity index (χ0n) is 18.4. The second-order valence-corrected chi connectivity index (χ2v) is 8.06. The van der Waals surface area contributed by atoms with Crippen molar-refractivity contribution in [3.8, 4) is 5.75 Å². The van der Waals surface area contributed by atoms with Crippen molar-refractivity contribution in [3.63, 3.8) is 0 Å². The lowest BCUT2D eigenvalue weighted by molar-refractivity contribution is -0.0824. The molecule has 2 aromatic rings. The molecule has 0 N–H and O–H groups in total. The highest BCUT2D eigenvalue weighted by atomic mass is 16.7. The summed E-state index contributed by atoms with van der Waals surface area (Å²) in [6.07, 6.45) is 5.14.